The van der Waals surface area contributed by atoms with E-state index in [1.165, 1.54) is 0 Å². The molecule has 0 bridgehead atoms. The number of likely N-dealkylation sites (N-methyl/N-ethyl adjacent to an activating group) is 1. The summed E-state index contributed by atoms with van der Waals surface area (Å²) >= 11 is 0. The van der Waals surface area contributed by atoms with Gasteiger partial charge in [-0.1, -0.05) is 17.7 Å². The molecule has 0 radical (unpaired) electrons. The fraction of sp³-hybridized carbons (Fsp3) is 0.462. The molecule has 0 saturated carbocycles. The molecular formula is C13H21ClN2O. The average molecular weight is 257 g/mol. The maximum absolute atomic E-state index is 11.9. The van der Waals surface area contributed by atoms with Gasteiger partial charge in [0.2, 0.25) is 0 Å². The molecular weight excluding hydrogens is 236 g/mol. The van der Waals surface area contributed by atoms with Crippen molar-refractivity contribution in [3.63, 3.8) is 0 Å². The van der Waals surface area contributed by atoms with Crippen molar-refractivity contribution in [1.29, 1.82) is 0 Å². The van der Waals surface area contributed by atoms with Gasteiger partial charge in [0.15, 0.2) is 0 Å². The van der Waals surface area contributed by atoms with E-state index in [-0.39, 0.29) is 24.4 Å². The monoisotopic (exact) mass is 256 g/mol. The van der Waals surface area contributed by atoms with Crippen molar-refractivity contribution in [1.82, 2.24) is 10.6 Å². The number of rotatable bonds is 4. The first-order valence-corrected chi connectivity index (χ1v) is 5.57. The van der Waals surface area contributed by atoms with E-state index >= 15 is 0 Å². The first-order chi connectivity index (χ1) is 7.54. The van der Waals surface area contributed by atoms with Crippen molar-refractivity contribution in [2.24, 2.45) is 0 Å². The molecule has 0 saturated heterocycles. The van der Waals surface area contributed by atoms with Crippen LogP contribution in [0.15, 0.2) is 18.2 Å². The summed E-state index contributed by atoms with van der Waals surface area (Å²) in [6.07, 6.45) is 0. The lowest BCUT2D eigenvalue weighted by molar-refractivity contribution is 0.0950. The minimum absolute atomic E-state index is 0. The lowest BCUT2D eigenvalue weighted by Crippen LogP contribution is -2.37. The maximum Gasteiger partial charge on any atom is 0.251 e. The summed E-state index contributed by atoms with van der Waals surface area (Å²) in [5.41, 5.74) is 2.89. The van der Waals surface area contributed by atoms with E-state index in [1.54, 1.807) is 0 Å². The van der Waals surface area contributed by atoms with Crippen molar-refractivity contribution < 1.29 is 4.79 Å². The Morgan fingerprint density at radius 1 is 1.35 bits per heavy atom. The molecule has 0 aliphatic carbocycles. The molecule has 3 nitrogen and oxygen atoms in total. The Hall–Kier alpha value is -1.06. The number of benzene rings is 1. The molecule has 1 aromatic carbocycles. The Bertz CT molecular complexity index is 380. The zero-order valence-electron chi connectivity index (χ0n) is 10.8. The molecule has 0 spiro atoms. The lowest BCUT2D eigenvalue weighted by atomic mass is 10.1. The molecule has 0 aliphatic heterocycles. The number of aryl methyl sites for hydroxylation is 2. The molecule has 1 amide bonds. The van der Waals surface area contributed by atoms with Crippen molar-refractivity contribution in [2.45, 2.75) is 26.8 Å². The van der Waals surface area contributed by atoms with E-state index in [1.807, 2.05) is 46.0 Å². The molecule has 1 rings (SSSR count). The van der Waals surface area contributed by atoms with Crippen molar-refractivity contribution in [2.75, 3.05) is 13.6 Å². The van der Waals surface area contributed by atoms with Gasteiger partial charge in [-0.25, -0.2) is 0 Å². The van der Waals surface area contributed by atoms with Gasteiger partial charge in [-0.2, -0.15) is 0 Å². The van der Waals surface area contributed by atoms with Crippen molar-refractivity contribution in [3.8, 4) is 0 Å². The van der Waals surface area contributed by atoms with E-state index in [0.29, 0.717) is 6.54 Å². The van der Waals surface area contributed by atoms with E-state index in [4.69, 9.17) is 0 Å². The fourth-order valence-corrected chi connectivity index (χ4v) is 1.42. The average Bonchev–Trinajstić information content (AvgIpc) is 2.28. The number of hydrogen-bond acceptors (Lipinski definition) is 2. The summed E-state index contributed by atoms with van der Waals surface area (Å²) in [6, 6.07) is 6.21. The number of amides is 1. The molecule has 1 aromatic rings. The second kappa shape index (κ2) is 7.30. The van der Waals surface area contributed by atoms with E-state index in [9.17, 15) is 4.79 Å². The topological polar surface area (TPSA) is 41.1 Å². The van der Waals surface area contributed by atoms with Crippen molar-refractivity contribution >= 4 is 18.3 Å². The Kier molecular flexibility index (Phi) is 6.85. The van der Waals surface area contributed by atoms with E-state index in [2.05, 4.69) is 10.6 Å². The maximum atomic E-state index is 11.9. The minimum atomic E-state index is 0. The Balaban J connectivity index is 0.00000256. The largest absolute Gasteiger partial charge is 0.350 e. The summed E-state index contributed by atoms with van der Waals surface area (Å²) in [5.74, 6) is 0.00306. The van der Waals surface area contributed by atoms with Crippen LogP contribution in [0.5, 0.6) is 0 Å². The quantitative estimate of drug-likeness (QED) is 0.866. The summed E-state index contributed by atoms with van der Waals surface area (Å²) in [4.78, 5) is 11.9. The summed E-state index contributed by atoms with van der Waals surface area (Å²) in [5, 5.41) is 6.00. The SMILES string of the molecule is CNC(C)CNC(=O)c1cc(C)ccc1C.Cl. The first-order valence-electron chi connectivity index (χ1n) is 5.57. The zero-order valence-corrected chi connectivity index (χ0v) is 11.6. The van der Waals surface area contributed by atoms with Crippen LogP contribution in [-0.2, 0) is 0 Å². The van der Waals surface area contributed by atoms with Gasteiger partial charge in [0.05, 0.1) is 0 Å². The third kappa shape index (κ3) is 4.75. The van der Waals surface area contributed by atoms with E-state index < -0.39 is 0 Å². The normalized spacial score (nSPS) is 11.5. The molecule has 96 valence electrons. The van der Waals surface area contributed by atoms with E-state index in [0.717, 1.165) is 16.7 Å². The van der Waals surface area contributed by atoms with Crippen LogP contribution >= 0.6 is 12.4 Å². The van der Waals surface area contributed by atoms with Crippen LogP contribution in [0.2, 0.25) is 0 Å². The molecule has 4 heteroatoms. The highest BCUT2D eigenvalue weighted by molar-refractivity contribution is 5.95. The second-order valence-corrected chi connectivity index (χ2v) is 4.22. The molecule has 0 aliphatic rings. The molecule has 2 N–H and O–H groups in total. The first kappa shape index (κ1) is 15.9. The second-order valence-electron chi connectivity index (χ2n) is 4.22. The number of carbonyl (C=O) groups is 1. The van der Waals surface area contributed by atoms with Gasteiger partial charge >= 0.3 is 0 Å². The van der Waals surface area contributed by atoms with Gasteiger partial charge in [0.25, 0.3) is 5.91 Å². The van der Waals surface area contributed by atoms with Crippen LogP contribution in [0.1, 0.15) is 28.4 Å². The predicted octanol–water partition coefficient (Wildman–Crippen LogP) is 2.06. The third-order valence-electron chi connectivity index (χ3n) is 2.70. The van der Waals surface area contributed by atoms with Crippen molar-refractivity contribution in [3.05, 3.63) is 34.9 Å². The van der Waals surface area contributed by atoms with Gasteiger partial charge in [0, 0.05) is 18.2 Å². The molecule has 1 atom stereocenters. The summed E-state index contributed by atoms with van der Waals surface area (Å²) in [6.45, 7) is 6.62. The summed E-state index contributed by atoms with van der Waals surface area (Å²) < 4.78 is 0. The van der Waals surface area contributed by atoms with Gasteiger partial charge in [-0.15, -0.1) is 12.4 Å². The number of halogens is 1. The van der Waals surface area contributed by atoms with Crippen LogP contribution in [0.3, 0.4) is 0 Å². The third-order valence-corrected chi connectivity index (χ3v) is 2.70. The molecule has 0 aromatic heterocycles. The van der Waals surface area contributed by atoms with Crippen LogP contribution in [0.4, 0.5) is 0 Å². The fourth-order valence-electron chi connectivity index (χ4n) is 1.42. The molecule has 17 heavy (non-hydrogen) atoms. The van der Waals surface area contributed by atoms with Gasteiger partial charge in [-0.05, 0) is 39.4 Å². The van der Waals surface area contributed by atoms with Crippen LogP contribution in [0, 0.1) is 13.8 Å². The number of carbonyl (C=O) groups excluding carboxylic acids is 1. The highest BCUT2D eigenvalue weighted by Gasteiger charge is 2.09. The number of hydrogen-bond donors (Lipinski definition) is 2. The smallest absolute Gasteiger partial charge is 0.251 e. The van der Waals surface area contributed by atoms with Crippen LogP contribution < -0.4 is 10.6 Å². The zero-order chi connectivity index (χ0) is 12.1. The lowest BCUT2D eigenvalue weighted by Gasteiger charge is -2.12. The van der Waals surface area contributed by atoms with Gasteiger partial charge in [0.1, 0.15) is 0 Å². The predicted molar refractivity (Wildman–Crippen MR) is 74.0 cm³/mol. The molecule has 1 unspecified atom stereocenters. The minimum Gasteiger partial charge on any atom is -0.350 e. The highest BCUT2D eigenvalue weighted by Crippen LogP contribution is 2.10. The Labute approximate surface area is 109 Å². The Morgan fingerprint density at radius 3 is 2.59 bits per heavy atom. The molecule has 0 heterocycles. The van der Waals surface area contributed by atoms with Gasteiger partial charge in [-0.3, -0.25) is 4.79 Å². The Morgan fingerprint density at radius 2 is 2.00 bits per heavy atom. The highest BCUT2D eigenvalue weighted by atomic mass is 35.5. The van der Waals surface area contributed by atoms with Crippen LogP contribution in [-0.4, -0.2) is 25.5 Å². The number of nitrogens with one attached hydrogen (secondary N) is 2. The molecule has 0 fully saturated rings. The summed E-state index contributed by atoms with van der Waals surface area (Å²) in [7, 11) is 1.88. The van der Waals surface area contributed by atoms with Gasteiger partial charge < -0.3 is 10.6 Å². The van der Waals surface area contributed by atoms with Crippen LogP contribution in [0.25, 0.3) is 0 Å². The standard InChI is InChI=1S/C13H20N2O.ClH/c1-9-5-6-10(2)12(7-9)13(16)15-8-11(3)14-4;/h5-7,11,14H,8H2,1-4H3,(H,15,16);1H.